The van der Waals surface area contributed by atoms with Gasteiger partial charge < -0.3 is 5.32 Å². The van der Waals surface area contributed by atoms with E-state index in [1.54, 1.807) is 12.1 Å². The first-order chi connectivity index (χ1) is 9.97. The van der Waals surface area contributed by atoms with Gasteiger partial charge in [0, 0.05) is 30.4 Å². The van der Waals surface area contributed by atoms with Crippen molar-refractivity contribution in [1.82, 2.24) is 0 Å². The van der Waals surface area contributed by atoms with E-state index in [1.807, 2.05) is 0 Å². The highest BCUT2D eigenvalue weighted by atomic mass is 35.5. The van der Waals surface area contributed by atoms with E-state index in [2.05, 4.69) is 5.32 Å². The smallest absolute Gasteiger partial charge is 0.288 e. The number of benzene rings is 2. The van der Waals surface area contributed by atoms with Gasteiger partial charge in [-0.25, -0.2) is 0 Å². The molecule has 0 aromatic heterocycles. The number of nitro benzene ring substituents is 2. The molecule has 0 heterocycles. The van der Waals surface area contributed by atoms with E-state index in [1.165, 1.54) is 30.3 Å². The lowest BCUT2D eigenvalue weighted by Crippen LogP contribution is -2.00. The fourth-order valence-corrected chi connectivity index (χ4v) is 2.00. The Morgan fingerprint density at radius 2 is 1.81 bits per heavy atom. The largest absolute Gasteiger partial charge is 0.381 e. The molecular weight excluding hydrogens is 298 g/mol. The Balaban J connectivity index is 2.10. The van der Waals surface area contributed by atoms with Crippen molar-refractivity contribution >= 4 is 28.7 Å². The fraction of sp³-hybridized carbons (Fsp3) is 0.0769. The molecule has 0 aliphatic carbocycles. The minimum absolute atomic E-state index is 0.0102. The van der Waals surface area contributed by atoms with Crippen LogP contribution in [0.3, 0.4) is 0 Å². The van der Waals surface area contributed by atoms with Gasteiger partial charge in [-0.1, -0.05) is 23.7 Å². The van der Waals surface area contributed by atoms with Gasteiger partial charge in [0.2, 0.25) is 0 Å². The van der Waals surface area contributed by atoms with Crippen LogP contribution >= 0.6 is 11.6 Å². The highest BCUT2D eigenvalue weighted by Gasteiger charge is 2.12. The van der Waals surface area contributed by atoms with Crippen molar-refractivity contribution in [3.63, 3.8) is 0 Å². The molecule has 8 heteroatoms. The van der Waals surface area contributed by atoms with Crippen molar-refractivity contribution < 1.29 is 9.85 Å². The van der Waals surface area contributed by atoms with E-state index < -0.39 is 9.85 Å². The topological polar surface area (TPSA) is 98.3 Å². The molecule has 0 radical (unpaired) electrons. The lowest BCUT2D eigenvalue weighted by molar-refractivity contribution is -0.385. The van der Waals surface area contributed by atoms with E-state index in [0.717, 1.165) is 5.56 Å². The van der Waals surface area contributed by atoms with Crippen molar-refractivity contribution in [1.29, 1.82) is 0 Å². The number of rotatable bonds is 5. The normalized spacial score (nSPS) is 10.1. The Morgan fingerprint density at radius 1 is 1.05 bits per heavy atom. The standard InChI is InChI=1S/C13H10ClN3O4/c14-12-7-10(4-5-13(12)17(20)21)15-8-9-2-1-3-11(6-9)16(18)19/h1-7,15H,8H2. The number of non-ortho nitro benzene ring substituents is 1. The molecule has 0 aliphatic heterocycles. The summed E-state index contributed by atoms with van der Waals surface area (Å²) in [7, 11) is 0. The third kappa shape index (κ3) is 3.67. The molecule has 0 atom stereocenters. The molecule has 0 unspecified atom stereocenters. The lowest BCUT2D eigenvalue weighted by atomic mass is 10.2. The lowest BCUT2D eigenvalue weighted by Gasteiger charge is -2.07. The van der Waals surface area contributed by atoms with Crippen LogP contribution in [0.2, 0.25) is 5.02 Å². The quantitative estimate of drug-likeness (QED) is 0.669. The van der Waals surface area contributed by atoms with E-state index in [9.17, 15) is 20.2 Å². The Bertz CT molecular complexity index is 706. The maximum atomic E-state index is 10.7. The van der Waals surface area contributed by atoms with Crippen molar-refractivity contribution in [3.05, 3.63) is 73.3 Å². The average Bonchev–Trinajstić information content (AvgIpc) is 2.45. The molecule has 7 nitrogen and oxygen atoms in total. The molecule has 0 aliphatic rings. The zero-order valence-electron chi connectivity index (χ0n) is 10.7. The molecule has 0 saturated carbocycles. The zero-order valence-corrected chi connectivity index (χ0v) is 11.4. The Hall–Kier alpha value is -2.67. The van der Waals surface area contributed by atoms with E-state index >= 15 is 0 Å². The van der Waals surface area contributed by atoms with Crippen LogP contribution in [0.25, 0.3) is 0 Å². The summed E-state index contributed by atoms with van der Waals surface area (Å²) in [5.74, 6) is 0. The molecular formula is C13H10ClN3O4. The summed E-state index contributed by atoms with van der Waals surface area (Å²) in [6.07, 6.45) is 0. The molecule has 21 heavy (non-hydrogen) atoms. The predicted octanol–water partition coefficient (Wildman–Crippen LogP) is 3.77. The molecule has 0 bridgehead atoms. The molecule has 2 aromatic rings. The molecule has 2 aromatic carbocycles. The zero-order chi connectivity index (χ0) is 15.4. The summed E-state index contributed by atoms with van der Waals surface area (Å²) >= 11 is 5.80. The van der Waals surface area contributed by atoms with Crippen LogP contribution < -0.4 is 5.32 Å². The highest BCUT2D eigenvalue weighted by Crippen LogP contribution is 2.27. The van der Waals surface area contributed by atoms with Crippen LogP contribution in [0.4, 0.5) is 17.1 Å². The van der Waals surface area contributed by atoms with Gasteiger partial charge in [-0.2, -0.15) is 0 Å². The third-order valence-electron chi connectivity index (χ3n) is 2.76. The molecule has 108 valence electrons. The summed E-state index contributed by atoms with van der Waals surface area (Å²) in [5, 5.41) is 24.4. The second-order valence-corrected chi connectivity index (χ2v) is 4.61. The van der Waals surface area contributed by atoms with Gasteiger partial charge in [0.25, 0.3) is 11.4 Å². The van der Waals surface area contributed by atoms with E-state index in [0.29, 0.717) is 12.2 Å². The van der Waals surface area contributed by atoms with Gasteiger partial charge in [-0.15, -0.1) is 0 Å². The summed E-state index contributed by atoms with van der Waals surface area (Å²) < 4.78 is 0. The van der Waals surface area contributed by atoms with E-state index in [-0.39, 0.29) is 16.4 Å². The Kier molecular flexibility index (Phi) is 4.34. The minimum atomic E-state index is -0.563. The average molecular weight is 308 g/mol. The first kappa shape index (κ1) is 14.7. The molecule has 0 spiro atoms. The molecule has 0 amide bonds. The summed E-state index contributed by atoms with van der Waals surface area (Å²) in [5.41, 5.74) is 1.16. The SMILES string of the molecule is O=[N+]([O-])c1cccc(CNc2ccc([N+](=O)[O-])c(Cl)c2)c1. The number of anilines is 1. The highest BCUT2D eigenvalue weighted by molar-refractivity contribution is 6.32. The monoisotopic (exact) mass is 307 g/mol. The van der Waals surface area contributed by atoms with Crippen molar-refractivity contribution in [2.75, 3.05) is 5.32 Å². The molecule has 2 rings (SSSR count). The van der Waals surface area contributed by atoms with Crippen LogP contribution in [0.1, 0.15) is 5.56 Å². The van der Waals surface area contributed by atoms with Crippen molar-refractivity contribution in [3.8, 4) is 0 Å². The number of halogens is 1. The second kappa shape index (κ2) is 6.19. The number of nitrogens with zero attached hydrogens (tertiary/aromatic N) is 2. The third-order valence-corrected chi connectivity index (χ3v) is 3.07. The first-order valence-electron chi connectivity index (χ1n) is 5.88. The van der Waals surface area contributed by atoms with Crippen LogP contribution in [0.15, 0.2) is 42.5 Å². The molecule has 0 saturated heterocycles. The van der Waals surface area contributed by atoms with Crippen molar-refractivity contribution in [2.45, 2.75) is 6.54 Å². The molecule has 0 fully saturated rings. The van der Waals surface area contributed by atoms with Crippen LogP contribution in [0.5, 0.6) is 0 Å². The number of nitrogens with one attached hydrogen (secondary N) is 1. The van der Waals surface area contributed by atoms with Gasteiger partial charge >= 0.3 is 0 Å². The molecule has 1 N–H and O–H groups in total. The number of nitro groups is 2. The maximum absolute atomic E-state index is 10.7. The van der Waals surface area contributed by atoms with Gasteiger partial charge in [0.1, 0.15) is 5.02 Å². The number of hydrogen-bond donors (Lipinski definition) is 1. The van der Waals surface area contributed by atoms with Gasteiger partial charge in [0.05, 0.1) is 9.85 Å². The van der Waals surface area contributed by atoms with Gasteiger partial charge in [-0.3, -0.25) is 20.2 Å². The van der Waals surface area contributed by atoms with Crippen LogP contribution in [-0.4, -0.2) is 9.85 Å². The summed E-state index contributed by atoms with van der Waals surface area (Å²) in [6.45, 7) is 0.343. The first-order valence-corrected chi connectivity index (χ1v) is 6.26. The number of hydrogen-bond acceptors (Lipinski definition) is 5. The van der Waals surface area contributed by atoms with Gasteiger partial charge in [0.15, 0.2) is 0 Å². The van der Waals surface area contributed by atoms with Gasteiger partial charge in [-0.05, 0) is 17.7 Å². The summed E-state index contributed by atoms with van der Waals surface area (Å²) in [6, 6.07) is 10.5. The predicted molar refractivity (Wildman–Crippen MR) is 78.5 cm³/mol. The van der Waals surface area contributed by atoms with Crippen LogP contribution in [0, 0.1) is 20.2 Å². The summed E-state index contributed by atoms with van der Waals surface area (Å²) in [4.78, 5) is 20.3. The van der Waals surface area contributed by atoms with Crippen LogP contribution in [-0.2, 0) is 6.54 Å². The Morgan fingerprint density at radius 3 is 2.43 bits per heavy atom. The maximum Gasteiger partial charge on any atom is 0.288 e. The minimum Gasteiger partial charge on any atom is -0.381 e. The second-order valence-electron chi connectivity index (χ2n) is 4.20. The Labute approximate surface area is 124 Å². The fourth-order valence-electron chi connectivity index (χ4n) is 1.75. The van der Waals surface area contributed by atoms with Crippen molar-refractivity contribution in [2.24, 2.45) is 0 Å². The van der Waals surface area contributed by atoms with E-state index in [4.69, 9.17) is 11.6 Å².